The predicted molar refractivity (Wildman–Crippen MR) is 111 cm³/mol. The van der Waals surface area contributed by atoms with Crippen LogP contribution in [0, 0.1) is 17.2 Å². The van der Waals surface area contributed by atoms with Crippen LogP contribution in [-0.4, -0.2) is 53.9 Å². The number of nitriles is 1. The lowest BCUT2D eigenvalue weighted by atomic mass is 9.99. The quantitative estimate of drug-likeness (QED) is 0.777. The fourth-order valence-corrected chi connectivity index (χ4v) is 3.74. The number of benzene rings is 1. The summed E-state index contributed by atoms with van der Waals surface area (Å²) in [6.45, 7) is 6.91. The van der Waals surface area contributed by atoms with E-state index in [0.29, 0.717) is 24.2 Å². The van der Waals surface area contributed by atoms with Crippen LogP contribution in [0.25, 0.3) is 10.9 Å². The maximum absolute atomic E-state index is 12.8. The van der Waals surface area contributed by atoms with Gasteiger partial charge in [-0.1, -0.05) is 20.3 Å². The zero-order valence-corrected chi connectivity index (χ0v) is 17.1. The molecule has 4 atom stereocenters. The molecule has 0 aliphatic carbocycles. The summed E-state index contributed by atoms with van der Waals surface area (Å²) in [5, 5.41) is 22.8. The highest BCUT2D eigenvalue weighted by Gasteiger charge is 2.33. The number of amides is 1. The molecule has 2 aromatic rings. The standard InChI is InChI=1S/C22H28N4O3/c1-4-14(2)18(13-27)25-22(28)20-12-26(11-15(3)29-20)19-8-7-16(10-23)21-17(19)6-5-9-24-21/h5-9,14-15,18,20,27H,4,11-13H2,1-3H3,(H,25,28)/t14-,15+,18+,20+/m0/s1. The number of hydrogen-bond acceptors (Lipinski definition) is 6. The molecule has 0 saturated carbocycles. The second kappa shape index (κ2) is 9.21. The van der Waals surface area contributed by atoms with E-state index in [1.54, 1.807) is 12.3 Å². The van der Waals surface area contributed by atoms with Gasteiger partial charge in [-0.3, -0.25) is 9.78 Å². The van der Waals surface area contributed by atoms with Gasteiger partial charge >= 0.3 is 0 Å². The Morgan fingerprint density at radius 2 is 2.24 bits per heavy atom. The number of rotatable bonds is 6. The van der Waals surface area contributed by atoms with Crippen molar-refractivity contribution < 1.29 is 14.6 Å². The lowest BCUT2D eigenvalue weighted by Gasteiger charge is -2.38. The van der Waals surface area contributed by atoms with Gasteiger partial charge in [0.2, 0.25) is 0 Å². The number of nitrogens with one attached hydrogen (secondary N) is 1. The fourth-order valence-electron chi connectivity index (χ4n) is 3.74. The third-order valence-corrected chi connectivity index (χ3v) is 5.62. The number of fused-ring (bicyclic) bond motifs is 1. The van der Waals surface area contributed by atoms with Gasteiger partial charge < -0.3 is 20.1 Å². The summed E-state index contributed by atoms with van der Waals surface area (Å²) in [5.41, 5.74) is 2.12. The van der Waals surface area contributed by atoms with Crippen LogP contribution >= 0.6 is 0 Å². The van der Waals surface area contributed by atoms with E-state index in [0.717, 1.165) is 17.5 Å². The Bertz CT molecular complexity index is 911. The Hall–Kier alpha value is -2.69. The number of carbonyl (C=O) groups is 1. The Morgan fingerprint density at radius 3 is 2.93 bits per heavy atom. The molecule has 1 aromatic heterocycles. The lowest BCUT2D eigenvalue weighted by molar-refractivity contribution is -0.138. The van der Waals surface area contributed by atoms with Crippen molar-refractivity contribution in [3.63, 3.8) is 0 Å². The highest BCUT2D eigenvalue weighted by molar-refractivity contribution is 5.95. The minimum absolute atomic E-state index is 0.0985. The second-order valence-electron chi connectivity index (χ2n) is 7.67. The molecule has 1 aromatic carbocycles. The van der Waals surface area contributed by atoms with E-state index < -0.39 is 6.10 Å². The van der Waals surface area contributed by atoms with Crippen LogP contribution in [0.4, 0.5) is 5.69 Å². The molecule has 2 N–H and O–H groups in total. The zero-order chi connectivity index (χ0) is 21.0. The van der Waals surface area contributed by atoms with Gasteiger partial charge in [-0.2, -0.15) is 5.26 Å². The SMILES string of the molecule is CC[C@H](C)[C@@H](CO)NC(=O)[C@H]1CN(c2ccc(C#N)c3ncccc23)C[C@@H](C)O1. The number of carbonyl (C=O) groups excluding carboxylic acids is 1. The van der Waals surface area contributed by atoms with Crippen molar-refractivity contribution in [3.8, 4) is 6.07 Å². The third kappa shape index (κ3) is 4.50. The van der Waals surface area contributed by atoms with Crippen LogP contribution in [-0.2, 0) is 9.53 Å². The van der Waals surface area contributed by atoms with Crippen molar-refractivity contribution in [2.45, 2.75) is 45.4 Å². The minimum atomic E-state index is -0.640. The number of morpholine rings is 1. The average molecular weight is 396 g/mol. The van der Waals surface area contributed by atoms with Crippen molar-refractivity contribution in [2.24, 2.45) is 5.92 Å². The van der Waals surface area contributed by atoms with Crippen LogP contribution in [0.5, 0.6) is 0 Å². The van der Waals surface area contributed by atoms with E-state index in [1.807, 2.05) is 39.0 Å². The number of nitrogens with zero attached hydrogens (tertiary/aromatic N) is 3. The van der Waals surface area contributed by atoms with Gasteiger partial charge in [0.05, 0.1) is 36.4 Å². The molecular formula is C22H28N4O3. The monoisotopic (exact) mass is 396 g/mol. The molecule has 1 aliphatic rings. The third-order valence-electron chi connectivity index (χ3n) is 5.62. The Morgan fingerprint density at radius 1 is 1.45 bits per heavy atom. The molecule has 29 heavy (non-hydrogen) atoms. The summed E-state index contributed by atoms with van der Waals surface area (Å²) in [7, 11) is 0. The zero-order valence-electron chi connectivity index (χ0n) is 17.1. The number of pyridine rings is 1. The van der Waals surface area contributed by atoms with Gasteiger partial charge in [0, 0.05) is 23.8 Å². The van der Waals surface area contributed by atoms with Gasteiger partial charge in [0.25, 0.3) is 5.91 Å². The van der Waals surface area contributed by atoms with Gasteiger partial charge in [-0.25, -0.2) is 0 Å². The molecule has 7 nitrogen and oxygen atoms in total. The molecule has 0 unspecified atom stereocenters. The van der Waals surface area contributed by atoms with Crippen molar-refractivity contribution >= 4 is 22.5 Å². The number of ether oxygens (including phenoxy) is 1. The van der Waals surface area contributed by atoms with Crippen LogP contribution in [0.3, 0.4) is 0 Å². The molecule has 0 radical (unpaired) electrons. The van der Waals surface area contributed by atoms with Crippen LogP contribution < -0.4 is 10.2 Å². The van der Waals surface area contributed by atoms with Crippen LogP contribution in [0.2, 0.25) is 0 Å². The molecule has 3 rings (SSSR count). The van der Waals surface area contributed by atoms with Crippen molar-refractivity contribution in [1.82, 2.24) is 10.3 Å². The average Bonchev–Trinajstić information content (AvgIpc) is 2.75. The van der Waals surface area contributed by atoms with E-state index in [-0.39, 0.29) is 30.6 Å². The number of aliphatic hydroxyl groups is 1. The van der Waals surface area contributed by atoms with Crippen molar-refractivity contribution in [1.29, 1.82) is 5.26 Å². The molecule has 2 heterocycles. The summed E-state index contributed by atoms with van der Waals surface area (Å²) in [5.74, 6) is -0.0356. The number of aliphatic hydroxyl groups excluding tert-OH is 1. The van der Waals surface area contributed by atoms with Gasteiger partial charge in [-0.05, 0) is 37.1 Å². The largest absolute Gasteiger partial charge is 0.394 e. The summed E-state index contributed by atoms with van der Waals surface area (Å²) in [6.07, 6.45) is 1.76. The van der Waals surface area contributed by atoms with Gasteiger partial charge in [0.1, 0.15) is 6.07 Å². The normalized spacial score (nSPS) is 21.4. The lowest BCUT2D eigenvalue weighted by Crippen LogP contribution is -2.55. The highest BCUT2D eigenvalue weighted by Crippen LogP contribution is 2.30. The Kier molecular flexibility index (Phi) is 6.68. The maximum Gasteiger partial charge on any atom is 0.251 e. The number of hydrogen-bond donors (Lipinski definition) is 2. The molecule has 7 heteroatoms. The summed E-state index contributed by atoms with van der Waals surface area (Å²) in [6, 6.07) is 9.36. The summed E-state index contributed by atoms with van der Waals surface area (Å²) < 4.78 is 5.91. The molecule has 1 fully saturated rings. The molecule has 0 spiro atoms. The van der Waals surface area contributed by atoms with Gasteiger partial charge in [-0.15, -0.1) is 0 Å². The van der Waals surface area contributed by atoms with Crippen LogP contribution in [0.1, 0.15) is 32.8 Å². The Balaban J connectivity index is 1.85. The topological polar surface area (TPSA) is 98.5 Å². The molecular weight excluding hydrogens is 368 g/mol. The van der Waals surface area contributed by atoms with Crippen molar-refractivity contribution in [2.75, 3.05) is 24.6 Å². The number of anilines is 1. The second-order valence-corrected chi connectivity index (χ2v) is 7.67. The Labute approximate surface area is 171 Å². The highest BCUT2D eigenvalue weighted by atomic mass is 16.5. The summed E-state index contributed by atoms with van der Waals surface area (Å²) in [4.78, 5) is 19.3. The fraction of sp³-hybridized carbons (Fsp3) is 0.500. The predicted octanol–water partition coefficient (Wildman–Crippen LogP) is 2.22. The number of aromatic nitrogens is 1. The first-order valence-corrected chi connectivity index (χ1v) is 10.1. The molecule has 1 aliphatic heterocycles. The van der Waals surface area contributed by atoms with E-state index >= 15 is 0 Å². The maximum atomic E-state index is 12.8. The van der Waals surface area contributed by atoms with Crippen LogP contribution in [0.15, 0.2) is 30.5 Å². The first kappa shape index (κ1) is 21.0. The molecule has 0 bridgehead atoms. The molecule has 1 amide bonds. The first-order valence-electron chi connectivity index (χ1n) is 10.1. The van der Waals surface area contributed by atoms with E-state index in [9.17, 15) is 15.2 Å². The summed E-state index contributed by atoms with van der Waals surface area (Å²) >= 11 is 0. The van der Waals surface area contributed by atoms with E-state index in [1.165, 1.54) is 0 Å². The molecule has 1 saturated heterocycles. The smallest absolute Gasteiger partial charge is 0.251 e. The minimum Gasteiger partial charge on any atom is -0.394 e. The first-order chi connectivity index (χ1) is 14.0. The van der Waals surface area contributed by atoms with E-state index in [2.05, 4.69) is 21.3 Å². The van der Waals surface area contributed by atoms with E-state index in [4.69, 9.17) is 4.74 Å². The molecule has 154 valence electrons. The van der Waals surface area contributed by atoms with Gasteiger partial charge in [0.15, 0.2) is 6.10 Å². The van der Waals surface area contributed by atoms with Crippen molar-refractivity contribution in [3.05, 3.63) is 36.0 Å².